The number of ether oxygens (including phenoxy) is 1. The zero-order valence-corrected chi connectivity index (χ0v) is 21.0. The van der Waals surface area contributed by atoms with Gasteiger partial charge >= 0.3 is 0 Å². The topological polar surface area (TPSA) is 70.1 Å². The summed E-state index contributed by atoms with van der Waals surface area (Å²) in [6, 6.07) is 11.3. The maximum Gasteiger partial charge on any atom is 0.227 e. The number of nitrogens with one attached hydrogen (secondary N) is 1. The van der Waals surface area contributed by atoms with Gasteiger partial charge in [-0.1, -0.05) is 23.7 Å². The summed E-state index contributed by atoms with van der Waals surface area (Å²) < 4.78 is 5.45. The Morgan fingerprint density at radius 3 is 2.58 bits per heavy atom. The molecule has 0 radical (unpaired) electrons. The summed E-state index contributed by atoms with van der Waals surface area (Å²) in [7, 11) is 1.77. The van der Waals surface area contributed by atoms with Gasteiger partial charge in [0.05, 0.1) is 13.0 Å². The molecule has 1 aliphatic heterocycles. The lowest BCUT2D eigenvalue weighted by atomic mass is 10.1. The predicted octanol–water partition coefficient (Wildman–Crippen LogP) is 3.21. The third-order valence-corrected chi connectivity index (χ3v) is 5.17. The largest absolute Gasteiger partial charge is 0.478 e. The van der Waals surface area contributed by atoms with Gasteiger partial charge in [0.25, 0.3) is 0 Å². The van der Waals surface area contributed by atoms with Gasteiger partial charge < -0.3 is 19.9 Å². The van der Waals surface area contributed by atoms with Crippen LogP contribution in [0.2, 0.25) is 5.02 Å². The summed E-state index contributed by atoms with van der Waals surface area (Å²) in [5.74, 6) is 1.57. The zero-order valence-electron chi connectivity index (χ0n) is 17.9. The normalized spacial score (nSPS) is 14.1. The number of carbonyl (C=O) groups excluding carboxylic acids is 1. The van der Waals surface area contributed by atoms with Gasteiger partial charge in [-0.25, -0.2) is 4.98 Å². The van der Waals surface area contributed by atoms with E-state index in [1.54, 1.807) is 13.2 Å². The highest BCUT2D eigenvalue weighted by Crippen LogP contribution is 2.13. The second kappa shape index (κ2) is 12.7. The van der Waals surface area contributed by atoms with E-state index in [0.717, 1.165) is 30.2 Å². The van der Waals surface area contributed by atoms with Gasteiger partial charge in [-0.3, -0.25) is 9.79 Å². The van der Waals surface area contributed by atoms with Crippen molar-refractivity contribution in [3.8, 4) is 5.88 Å². The van der Waals surface area contributed by atoms with E-state index in [1.165, 1.54) is 0 Å². The minimum Gasteiger partial charge on any atom is -0.478 e. The van der Waals surface area contributed by atoms with Crippen molar-refractivity contribution < 1.29 is 9.53 Å². The molecule has 3 rings (SSSR count). The number of aromatic nitrogens is 1. The fraction of sp³-hybridized carbons (Fsp3) is 0.409. The number of benzene rings is 1. The molecule has 1 aromatic carbocycles. The maximum absolute atomic E-state index is 12.6. The van der Waals surface area contributed by atoms with Gasteiger partial charge in [0, 0.05) is 57.1 Å². The van der Waals surface area contributed by atoms with E-state index in [2.05, 4.69) is 20.2 Å². The molecule has 1 aliphatic rings. The molecule has 1 saturated heterocycles. The molecular weight excluding hydrogens is 529 g/mol. The Morgan fingerprint density at radius 2 is 1.90 bits per heavy atom. The molecule has 0 saturated carbocycles. The summed E-state index contributed by atoms with van der Waals surface area (Å²) >= 11 is 6.02. The first-order chi connectivity index (χ1) is 14.6. The molecule has 9 heteroatoms. The zero-order chi connectivity index (χ0) is 21.3. The lowest BCUT2D eigenvalue weighted by Crippen LogP contribution is -2.53. The maximum atomic E-state index is 12.6. The van der Waals surface area contributed by atoms with Gasteiger partial charge in [-0.2, -0.15) is 0 Å². The number of nitrogens with zero attached hydrogens (tertiary/aromatic N) is 4. The van der Waals surface area contributed by atoms with Crippen LogP contribution in [0.4, 0.5) is 0 Å². The first-order valence-corrected chi connectivity index (χ1v) is 10.5. The monoisotopic (exact) mass is 557 g/mol. The molecule has 2 aromatic rings. The van der Waals surface area contributed by atoms with Crippen LogP contribution in [0.5, 0.6) is 5.88 Å². The number of halogens is 2. The van der Waals surface area contributed by atoms with Gasteiger partial charge in [-0.15, -0.1) is 24.0 Å². The number of pyridine rings is 1. The van der Waals surface area contributed by atoms with E-state index in [1.807, 2.05) is 48.2 Å². The summed E-state index contributed by atoms with van der Waals surface area (Å²) in [5.41, 5.74) is 2.01. The summed E-state index contributed by atoms with van der Waals surface area (Å²) in [4.78, 5) is 25.3. The van der Waals surface area contributed by atoms with Crippen molar-refractivity contribution in [2.75, 3.05) is 39.8 Å². The van der Waals surface area contributed by atoms with E-state index in [4.69, 9.17) is 16.3 Å². The van der Waals surface area contributed by atoms with Crippen molar-refractivity contribution in [3.05, 3.63) is 58.7 Å². The van der Waals surface area contributed by atoms with Gasteiger partial charge in [0.2, 0.25) is 11.8 Å². The van der Waals surface area contributed by atoms with E-state index in [-0.39, 0.29) is 29.9 Å². The minimum atomic E-state index is 0. The number of aliphatic imine (C=N–C) groups is 1. The molecule has 0 bridgehead atoms. The molecule has 1 aromatic heterocycles. The van der Waals surface area contributed by atoms with Crippen LogP contribution in [0.25, 0.3) is 0 Å². The molecule has 31 heavy (non-hydrogen) atoms. The highest BCUT2D eigenvalue weighted by molar-refractivity contribution is 14.0. The first kappa shape index (κ1) is 25.2. The highest BCUT2D eigenvalue weighted by atomic mass is 127. The number of amides is 1. The van der Waals surface area contributed by atoms with Crippen molar-refractivity contribution in [2.24, 2.45) is 4.99 Å². The van der Waals surface area contributed by atoms with Crippen LogP contribution in [0.1, 0.15) is 18.1 Å². The number of carbonyl (C=O) groups is 1. The number of guanidine groups is 1. The highest BCUT2D eigenvalue weighted by Gasteiger charge is 2.23. The molecule has 0 aliphatic carbocycles. The second-order valence-corrected chi connectivity index (χ2v) is 7.45. The second-order valence-electron chi connectivity index (χ2n) is 7.01. The number of hydrogen-bond acceptors (Lipinski definition) is 4. The molecule has 7 nitrogen and oxygen atoms in total. The minimum absolute atomic E-state index is 0. The summed E-state index contributed by atoms with van der Waals surface area (Å²) in [5, 5.41) is 4.04. The van der Waals surface area contributed by atoms with Crippen LogP contribution >= 0.6 is 35.6 Å². The van der Waals surface area contributed by atoms with E-state index in [0.29, 0.717) is 43.6 Å². The van der Waals surface area contributed by atoms with Gasteiger partial charge in [-0.05, 0) is 36.2 Å². The van der Waals surface area contributed by atoms with Crippen LogP contribution in [-0.2, 0) is 17.8 Å². The standard InChI is InChI=1S/C22H28ClN5O2.HI/c1-3-30-20-14-18(7-8-25-20)16-26-22(24-2)28-11-9-27(10-12-28)21(29)15-17-5-4-6-19(23)13-17;/h4-8,13-14H,3,9-12,15-16H2,1-2H3,(H,24,26);1H. The van der Waals surface area contributed by atoms with Crippen LogP contribution in [0, 0.1) is 0 Å². The molecular formula is C22H29ClIN5O2. The molecule has 0 spiro atoms. The molecule has 0 unspecified atom stereocenters. The smallest absolute Gasteiger partial charge is 0.227 e. The number of piperazine rings is 1. The van der Waals surface area contributed by atoms with E-state index >= 15 is 0 Å². The number of rotatable bonds is 6. The van der Waals surface area contributed by atoms with Crippen LogP contribution in [0.15, 0.2) is 47.6 Å². The van der Waals surface area contributed by atoms with Crippen LogP contribution in [0.3, 0.4) is 0 Å². The Kier molecular flexibility index (Phi) is 10.3. The van der Waals surface area contributed by atoms with Crippen LogP contribution in [-0.4, -0.2) is 66.5 Å². The Bertz CT molecular complexity index is 888. The van der Waals surface area contributed by atoms with Gasteiger partial charge in [0.15, 0.2) is 5.96 Å². The average molecular weight is 558 g/mol. The van der Waals surface area contributed by atoms with Gasteiger partial charge in [0.1, 0.15) is 0 Å². The quantitative estimate of drug-likeness (QED) is 0.336. The summed E-state index contributed by atoms with van der Waals surface area (Å²) in [6.45, 7) is 5.97. The van der Waals surface area contributed by atoms with Crippen LogP contribution < -0.4 is 10.1 Å². The Balaban J connectivity index is 0.00000341. The average Bonchev–Trinajstić information content (AvgIpc) is 2.75. The fourth-order valence-corrected chi connectivity index (χ4v) is 3.61. The van der Waals surface area contributed by atoms with Crippen molar-refractivity contribution in [1.82, 2.24) is 20.1 Å². The fourth-order valence-electron chi connectivity index (χ4n) is 3.40. The summed E-state index contributed by atoms with van der Waals surface area (Å²) in [6.07, 6.45) is 2.12. The molecule has 1 fully saturated rings. The third kappa shape index (κ3) is 7.53. The molecule has 1 amide bonds. The molecule has 168 valence electrons. The lowest BCUT2D eigenvalue weighted by molar-refractivity contribution is -0.131. The SMILES string of the molecule is CCOc1cc(CNC(=NC)N2CCN(C(=O)Cc3cccc(Cl)c3)CC2)ccn1.I. The third-order valence-electron chi connectivity index (χ3n) is 4.93. The van der Waals surface area contributed by atoms with Crippen molar-refractivity contribution >= 4 is 47.4 Å². The van der Waals surface area contributed by atoms with E-state index in [9.17, 15) is 4.79 Å². The Labute approximate surface area is 205 Å². The molecule has 1 N–H and O–H groups in total. The van der Waals surface area contributed by atoms with Crippen molar-refractivity contribution in [2.45, 2.75) is 19.9 Å². The molecule has 0 atom stereocenters. The Hall–Kier alpha value is -2.07. The number of hydrogen-bond donors (Lipinski definition) is 1. The van der Waals surface area contributed by atoms with Crippen molar-refractivity contribution in [3.63, 3.8) is 0 Å². The lowest BCUT2D eigenvalue weighted by Gasteiger charge is -2.36. The molecule has 2 heterocycles. The Morgan fingerprint density at radius 1 is 1.16 bits per heavy atom. The van der Waals surface area contributed by atoms with E-state index < -0.39 is 0 Å². The predicted molar refractivity (Wildman–Crippen MR) is 134 cm³/mol. The first-order valence-electron chi connectivity index (χ1n) is 10.1. The van der Waals surface area contributed by atoms with Crippen molar-refractivity contribution in [1.29, 1.82) is 0 Å².